The Hall–Kier alpha value is -0.820. The Morgan fingerprint density at radius 2 is 1.94 bits per heavy atom. The van der Waals surface area contributed by atoms with Crippen LogP contribution in [0.1, 0.15) is 50.0 Å². The van der Waals surface area contributed by atoms with Crippen LogP contribution in [0.3, 0.4) is 0 Å². The molecular weight excluding hydrogens is 232 g/mol. The second-order valence-electron chi connectivity index (χ2n) is 5.86. The van der Waals surface area contributed by atoms with Crippen LogP contribution in [0.4, 0.5) is 0 Å². The van der Waals surface area contributed by atoms with Gasteiger partial charge in [0.2, 0.25) is 0 Å². The third-order valence-electron chi connectivity index (χ3n) is 3.46. The van der Waals surface area contributed by atoms with Crippen LogP contribution in [0.15, 0.2) is 18.2 Å². The van der Waals surface area contributed by atoms with Gasteiger partial charge in [-0.25, -0.2) is 0 Å². The molecule has 1 aromatic carbocycles. The van der Waals surface area contributed by atoms with E-state index in [-0.39, 0.29) is 11.2 Å². The minimum atomic E-state index is 0.157. The summed E-state index contributed by atoms with van der Waals surface area (Å²) in [5, 5.41) is 0.666. The molecule has 1 atom stereocenters. The highest BCUT2D eigenvalue weighted by Crippen LogP contribution is 2.29. The zero-order chi connectivity index (χ0) is 13.2. The van der Waals surface area contributed by atoms with E-state index in [1.54, 1.807) is 6.07 Å². The first kappa shape index (κ1) is 14.2. The Labute approximate surface area is 109 Å². The number of Topliss-reactive ketones (excluding diaryl/α,β-unsaturated/α-hetero) is 1. The van der Waals surface area contributed by atoms with Crippen molar-refractivity contribution < 1.29 is 4.79 Å². The van der Waals surface area contributed by atoms with Gasteiger partial charge in [0.25, 0.3) is 0 Å². The Bertz CT molecular complexity index is 415. The smallest absolute Gasteiger partial charge is 0.163 e. The van der Waals surface area contributed by atoms with E-state index < -0.39 is 0 Å². The molecule has 0 saturated carbocycles. The molecule has 0 aliphatic carbocycles. The Morgan fingerprint density at radius 1 is 1.35 bits per heavy atom. The van der Waals surface area contributed by atoms with E-state index in [1.807, 2.05) is 19.1 Å². The molecule has 1 nitrogen and oxygen atoms in total. The number of ketones is 1. The van der Waals surface area contributed by atoms with Crippen molar-refractivity contribution in [3.63, 3.8) is 0 Å². The van der Waals surface area contributed by atoms with Crippen LogP contribution in [-0.2, 0) is 0 Å². The number of rotatable bonds is 3. The van der Waals surface area contributed by atoms with Crippen molar-refractivity contribution in [2.45, 2.75) is 41.0 Å². The van der Waals surface area contributed by atoms with Crippen molar-refractivity contribution in [1.29, 1.82) is 0 Å². The molecule has 17 heavy (non-hydrogen) atoms. The first-order chi connectivity index (χ1) is 7.71. The minimum Gasteiger partial charge on any atom is -0.294 e. The van der Waals surface area contributed by atoms with Crippen LogP contribution >= 0.6 is 11.6 Å². The van der Waals surface area contributed by atoms with E-state index in [9.17, 15) is 4.79 Å². The maximum atomic E-state index is 12.1. The number of hydrogen-bond acceptors (Lipinski definition) is 1. The topological polar surface area (TPSA) is 17.1 Å². The number of aryl methyl sites for hydroxylation is 1. The fourth-order valence-corrected chi connectivity index (χ4v) is 1.65. The van der Waals surface area contributed by atoms with E-state index in [1.165, 1.54) is 0 Å². The third kappa shape index (κ3) is 3.85. The summed E-state index contributed by atoms with van der Waals surface area (Å²) in [5.41, 5.74) is 1.88. The molecule has 0 spiro atoms. The summed E-state index contributed by atoms with van der Waals surface area (Å²) < 4.78 is 0. The van der Waals surface area contributed by atoms with Gasteiger partial charge in [-0.05, 0) is 29.9 Å². The van der Waals surface area contributed by atoms with Gasteiger partial charge in [0, 0.05) is 17.0 Å². The number of carbonyl (C=O) groups excluding carboxylic acids is 1. The molecule has 0 saturated heterocycles. The summed E-state index contributed by atoms with van der Waals surface area (Å²) in [5.74, 6) is 0.532. The molecule has 94 valence electrons. The zero-order valence-electron chi connectivity index (χ0n) is 11.3. The zero-order valence-corrected chi connectivity index (χ0v) is 12.1. The van der Waals surface area contributed by atoms with Crippen molar-refractivity contribution in [3.05, 3.63) is 34.3 Å². The van der Waals surface area contributed by atoms with Gasteiger partial charge < -0.3 is 0 Å². The van der Waals surface area contributed by atoms with Crippen LogP contribution in [0.2, 0.25) is 5.02 Å². The first-order valence-electron chi connectivity index (χ1n) is 6.01. The van der Waals surface area contributed by atoms with Crippen molar-refractivity contribution in [2.24, 2.45) is 11.3 Å². The van der Waals surface area contributed by atoms with Crippen LogP contribution < -0.4 is 0 Å². The molecule has 1 rings (SSSR count). The SMILES string of the molecule is Cc1ccc(C(=O)CC(C)C(C)(C)C)cc1Cl. The van der Waals surface area contributed by atoms with Gasteiger partial charge in [-0.15, -0.1) is 0 Å². The van der Waals surface area contributed by atoms with E-state index in [2.05, 4.69) is 27.7 Å². The maximum absolute atomic E-state index is 12.1. The summed E-state index contributed by atoms with van der Waals surface area (Å²) in [6.07, 6.45) is 0.572. The summed E-state index contributed by atoms with van der Waals surface area (Å²) >= 11 is 6.03. The molecular formula is C15H21ClO. The van der Waals surface area contributed by atoms with Gasteiger partial charge in [0.1, 0.15) is 0 Å². The molecule has 0 heterocycles. The highest BCUT2D eigenvalue weighted by molar-refractivity contribution is 6.31. The minimum absolute atomic E-state index is 0.157. The first-order valence-corrected chi connectivity index (χ1v) is 6.39. The Kier molecular flexibility index (Phi) is 4.37. The van der Waals surface area contributed by atoms with Gasteiger partial charge in [-0.3, -0.25) is 4.79 Å². The third-order valence-corrected chi connectivity index (χ3v) is 3.87. The van der Waals surface area contributed by atoms with Gasteiger partial charge in [0.15, 0.2) is 5.78 Å². The molecule has 0 aliphatic heterocycles. The highest BCUT2D eigenvalue weighted by atomic mass is 35.5. The second kappa shape index (κ2) is 5.22. The number of hydrogen-bond donors (Lipinski definition) is 0. The number of carbonyl (C=O) groups is 1. The lowest BCUT2D eigenvalue weighted by molar-refractivity contribution is 0.0927. The van der Waals surface area contributed by atoms with Crippen LogP contribution in [0.5, 0.6) is 0 Å². The van der Waals surface area contributed by atoms with E-state index in [0.717, 1.165) is 11.1 Å². The second-order valence-corrected chi connectivity index (χ2v) is 6.27. The van der Waals surface area contributed by atoms with E-state index in [4.69, 9.17) is 11.6 Å². The molecule has 1 unspecified atom stereocenters. The van der Waals surface area contributed by atoms with Crippen molar-refractivity contribution in [2.75, 3.05) is 0 Å². The standard InChI is InChI=1S/C15H21ClO/c1-10-6-7-12(9-13(10)16)14(17)8-11(2)15(3,4)5/h6-7,9,11H,8H2,1-5H3. The van der Waals surface area contributed by atoms with Crippen LogP contribution in [-0.4, -0.2) is 5.78 Å². The van der Waals surface area contributed by atoms with E-state index >= 15 is 0 Å². The predicted molar refractivity (Wildman–Crippen MR) is 73.8 cm³/mol. The van der Waals surface area contributed by atoms with Crippen LogP contribution in [0, 0.1) is 18.3 Å². The van der Waals surface area contributed by atoms with Gasteiger partial charge in [-0.2, -0.15) is 0 Å². The quantitative estimate of drug-likeness (QED) is 0.699. The molecule has 0 fully saturated rings. The average molecular weight is 253 g/mol. The number of benzene rings is 1. The largest absolute Gasteiger partial charge is 0.294 e. The van der Waals surface area contributed by atoms with Gasteiger partial charge >= 0.3 is 0 Å². The molecule has 0 aromatic heterocycles. The van der Waals surface area contributed by atoms with Crippen molar-refractivity contribution in [1.82, 2.24) is 0 Å². The van der Waals surface area contributed by atoms with Crippen molar-refractivity contribution in [3.8, 4) is 0 Å². The van der Waals surface area contributed by atoms with Crippen molar-refractivity contribution >= 4 is 17.4 Å². The lowest BCUT2D eigenvalue weighted by Gasteiger charge is -2.26. The van der Waals surface area contributed by atoms with E-state index in [0.29, 0.717) is 17.4 Å². The van der Waals surface area contributed by atoms with Gasteiger partial charge in [0.05, 0.1) is 0 Å². The lowest BCUT2D eigenvalue weighted by Crippen LogP contribution is -2.20. The predicted octanol–water partition coefficient (Wildman–Crippen LogP) is 4.90. The average Bonchev–Trinajstić information content (AvgIpc) is 2.20. The molecule has 0 bridgehead atoms. The highest BCUT2D eigenvalue weighted by Gasteiger charge is 2.23. The summed E-state index contributed by atoms with van der Waals surface area (Å²) in [6, 6.07) is 5.53. The lowest BCUT2D eigenvalue weighted by atomic mass is 9.78. The Balaban J connectivity index is 2.80. The molecule has 0 radical (unpaired) electrons. The molecule has 0 N–H and O–H groups in total. The monoisotopic (exact) mass is 252 g/mol. The van der Waals surface area contributed by atoms with Gasteiger partial charge in [-0.1, -0.05) is 51.4 Å². The molecule has 0 aliphatic rings. The maximum Gasteiger partial charge on any atom is 0.163 e. The number of halogens is 1. The normalized spacial score (nSPS) is 13.5. The molecule has 1 aromatic rings. The summed E-state index contributed by atoms with van der Waals surface area (Å²) in [4.78, 5) is 12.1. The molecule has 2 heteroatoms. The fourth-order valence-electron chi connectivity index (χ4n) is 1.47. The summed E-state index contributed by atoms with van der Waals surface area (Å²) in [7, 11) is 0. The fraction of sp³-hybridized carbons (Fsp3) is 0.533. The molecule has 0 amide bonds. The van der Waals surface area contributed by atoms with Crippen LogP contribution in [0.25, 0.3) is 0 Å². The Morgan fingerprint density at radius 3 is 2.41 bits per heavy atom. The summed E-state index contributed by atoms with van der Waals surface area (Å²) in [6.45, 7) is 10.5.